The van der Waals surface area contributed by atoms with Crippen LogP contribution in [0.2, 0.25) is 0 Å². The molecule has 0 atom stereocenters. The highest BCUT2D eigenvalue weighted by molar-refractivity contribution is 5.42. The van der Waals surface area contributed by atoms with Gasteiger partial charge in [0.2, 0.25) is 0 Å². The summed E-state index contributed by atoms with van der Waals surface area (Å²) in [5, 5.41) is 18.7. The van der Waals surface area contributed by atoms with Gasteiger partial charge in [-0.1, -0.05) is 0 Å². The number of nitriles is 1. The van der Waals surface area contributed by atoms with Crippen molar-refractivity contribution >= 4 is 5.82 Å². The molecule has 0 aromatic carbocycles. The number of alkyl halides is 2. The molecule has 0 aliphatic heterocycles. The number of hydrogen-bond acceptors (Lipinski definition) is 4. The summed E-state index contributed by atoms with van der Waals surface area (Å²) in [5.74, 6) is -2.27. The maximum atomic E-state index is 13.1. The molecule has 0 aliphatic carbocycles. The van der Waals surface area contributed by atoms with Gasteiger partial charge in [0.05, 0.1) is 12.5 Å². The van der Waals surface area contributed by atoms with Crippen LogP contribution in [0, 0.1) is 27.3 Å². The first-order valence-electron chi connectivity index (χ1n) is 3.95. The van der Waals surface area contributed by atoms with Crippen LogP contribution in [-0.4, -0.2) is 9.91 Å². The zero-order chi connectivity index (χ0) is 12.3. The Balaban J connectivity index is 3.51. The van der Waals surface area contributed by atoms with Crippen molar-refractivity contribution in [3.8, 4) is 6.07 Å². The Morgan fingerprint density at radius 3 is 2.69 bits per heavy atom. The number of nitrogens with zero attached hydrogens (tertiary/aromatic N) is 3. The standard InChI is InChI=1S/C8H4F3N3O2/c9-5-3-13-8(14(15)16)6(7(10)11)4(5)1-2-12/h3,7H,1H2. The van der Waals surface area contributed by atoms with Crippen molar-refractivity contribution in [1.29, 1.82) is 5.26 Å². The minimum absolute atomic E-state index is 0.455. The highest BCUT2D eigenvalue weighted by Crippen LogP contribution is 2.31. The summed E-state index contributed by atoms with van der Waals surface area (Å²) in [4.78, 5) is 12.2. The Hall–Kier alpha value is -2.17. The zero-order valence-corrected chi connectivity index (χ0v) is 7.65. The molecule has 1 aromatic heterocycles. The van der Waals surface area contributed by atoms with E-state index in [4.69, 9.17) is 5.26 Å². The molecule has 1 rings (SSSR count). The fourth-order valence-electron chi connectivity index (χ4n) is 1.16. The van der Waals surface area contributed by atoms with Gasteiger partial charge in [0, 0.05) is 5.56 Å². The lowest BCUT2D eigenvalue weighted by Crippen LogP contribution is -2.06. The zero-order valence-electron chi connectivity index (χ0n) is 7.65. The van der Waals surface area contributed by atoms with E-state index in [1.54, 1.807) is 0 Å². The summed E-state index contributed by atoms with van der Waals surface area (Å²) in [7, 11) is 0. The monoisotopic (exact) mass is 231 g/mol. The average molecular weight is 231 g/mol. The van der Waals surface area contributed by atoms with E-state index in [9.17, 15) is 23.3 Å². The van der Waals surface area contributed by atoms with E-state index in [1.807, 2.05) is 0 Å². The first kappa shape index (κ1) is 11.9. The van der Waals surface area contributed by atoms with Gasteiger partial charge in [-0.15, -0.1) is 0 Å². The van der Waals surface area contributed by atoms with Gasteiger partial charge in [-0.2, -0.15) is 5.26 Å². The molecule has 0 amide bonds. The molecule has 1 aromatic rings. The molecular formula is C8H4F3N3O2. The van der Waals surface area contributed by atoms with Gasteiger partial charge in [0.1, 0.15) is 5.56 Å². The molecule has 16 heavy (non-hydrogen) atoms. The predicted molar refractivity (Wildman–Crippen MR) is 45.1 cm³/mol. The van der Waals surface area contributed by atoms with E-state index in [-0.39, 0.29) is 0 Å². The predicted octanol–water partition coefficient (Wildman–Crippen LogP) is 2.13. The molecule has 0 saturated heterocycles. The van der Waals surface area contributed by atoms with E-state index < -0.39 is 40.5 Å². The Labute approximate surface area is 87.3 Å². The molecule has 5 nitrogen and oxygen atoms in total. The van der Waals surface area contributed by atoms with Crippen LogP contribution in [0.25, 0.3) is 0 Å². The topological polar surface area (TPSA) is 79.8 Å². The van der Waals surface area contributed by atoms with Crippen molar-refractivity contribution < 1.29 is 18.1 Å². The first-order valence-corrected chi connectivity index (χ1v) is 3.95. The number of hydrogen-bond donors (Lipinski definition) is 0. The van der Waals surface area contributed by atoms with Gasteiger partial charge in [0.25, 0.3) is 6.43 Å². The minimum Gasteiger partial charge on any atom is -0.358 e. The molecule has 0 bridgehead atoms. The summed E-state index contributed by atoms with van der Waals surface area (Å²) in [6, 6.07) is 1.46. The Morgan fingerprint density at radius 1 is 1.62 bits per heavy atom. The summed E-state index contributed by atoms with van der Waals surface area (Å²) < 4.78 is 38.1. The Bertz CT molecular complexity index is 470. The molecule has 0 unspecified atom stereocenters. The third-order valence-corrected chi connectivity index (χ3v) is 1.80. The highest BCUT2D eigenvalue weighted by Gasteiger charge is 2.29. The van der Waals surface area contributed by atoms with Crippen molar-refractivity contribution in [3.05, 3.63) is 33.3 Å². The molecule has 0 spiro atoms. The van der Waals surface area contributed by atoms with Crippen molar-refractivity contribution in [2.45, 2.75) is 12.8 Å². The van der Waals surface area contributed by atoms with Crippen molar-refractivity contribution in [1.82, 2.24) is 4.98 Å². The Morgan fingerprint density at radius 2 is 2.25 bits per heavy atom. The Kier molecular flexibility index (Phi) is 3.40. The molecule has 0 saturated carbocycles. The number of nitro groups is 1. The second kappa shape index (κ2) is 4.57. The van der Waals surface area contributed by atoms with Crippen LogP contribution >= 0.6 is 0 Å². The first-order chi connectivity index (χ1) is 7.49. The molecule has 0 N–H and O–H groups in total. The van der Waals surface area contributed by atoms with Crippen LogP contribution in [0.5, 0.6) is 0 Å². The fraction of sp³-hybridized carbons (Fsp3) is 0.250. The smallest absolute Gasteiger partial charge is 0.358 e. The van der Waals surface area contributed by atoms with E-state index >= 15 is 0 Å². The van der Waals surface area contributed by atoms with Crippen molar-refractivity contribution in [2.75, 3.05) is 0 Å². The largest absolute Gasteiger partial charge is 0.372 e. The maximum Gasteiger partial charge on any atom is 0.372 e. The van der Waals surface area contributed by atoms with E-state index in [0.29, 0.717) is 6.20 Å². The van der Waals surface area contributed by atoms with Crippen molar-refractivity contribution in [3.63, 3.8) is 0 Å². The van der Waals surface area contributed by atoms with Crippen LogP contribution in [0.15, 0.2) is 6.20 Å². The van der Waals surface area contributed by atoms with Crippen molar-refractivity contribution in [2.24, 2.45) is 0 Å². The second-order valence-electron chi connectivity index (χ2n) is 2.71. The maximum absolute atomic E-state index is 13.1. The lowest BCUT2D eigenvalue weighted by atomic mass is 10.1. The van der Waals surface area contributed by atoms with Gasteiger partial charge in [0.15, 0.2) is 12.0 Å². The van der Waals surface area contributed by atoms with Gasteiger partial charge in [-0.05, 0) is 9.91 Å². The van der Waals surface area contributed by atoms with E-state index in [0.717, 1.165) is 0 Å². The van der Waals surface area contributed by atoms with Crippen LogP contribution in [-0.2, 0) is 6.42 Å². The normalized spacial score (nSPS) is 10.2. The van der Waals surface area contributed by atoms with Crippen LogP contribution in [0.4, 0.5) is 19.0 Å². The molecule has 0 aliphatic rings. The SMILES string of the molecule is N#CCc1c(F)cnc([N+](=O)[O-])c1C(F)F. The third-order valence-electron chi connectivity index (χ3n) is 1.80. The molecular weight excluding hydrogens is 227 g/mol. The lowest BCUT2D eigenvalue weighted by Gasteiger charge is -2.06. The number of rotatable bonds is 3. The third kappa shape index (κ3) is 2.08. The average Bonchev–Trinajstić information content (AvgIpc) is 2.20. The van der Waals surface area contributed by atoms with Gasteiger partial charge in [-0.25, -0.2) is 13.2 Å². The van der Waals surface area contributed by atoms with Crippen LogP contribution < -0.4 is 0 Å². The fourth-order valence-corrected chi connectivity index (χ4v) is 1.16. The molecule has 0 radical (unpaired) electrons. The quantitative estimate of drug-likeness (QED) is 0.589. The summed E-state index contributed by atoms with van der Waals surface area (Å²) in [5.41, 5.74) is -1.81. The lowest BCUT2D eigenvalue weighted by molar-refractivity contribution is -0.391. The second-order valence-corrected chi connectivity index (χ2v) is 2.71. The number of halogens is 3. The van der Waals surface area contributed by atoms with Crippen LogP contribution in [0.1, 0.15) is 17.6 Å². The highest BCUT2D eigenvalue weighted by atomic mass is 19.3. The molecule has 1 heterocycles. The number of aromatic nitrogens is 1. The summed E-state index contributed by atoms with van der Waals surface area (Å²) in [6.07, 6.45) is -3.47. The van der Waals surface area contributed by atoms with Crippen LogP contribution in [0.3, 0.4) is 0 Å². The molecule has 84 valence electrons. The van der Waals surface area contributed by atoms with Gasteiger partial charge < -0.3 is 10.1 Å². The molecule has 0 fully saturated rings. The molecule has 8 heteroatoms. The summed E-state index contributed by atoms with van der Waals surface area (Å²) in [6.45, 7) is 0. The number of pyridine rings is 1. The minimum atomic E-state index is -3.26. The summed E-state index contributed by atoms with van der Waals surface area (Å²) >= 11 is 0. The van der Waals surface area contributed by atoms with E-state index in [1.165, 1.54) is 6.07 Å². The van der Waals surface area contributed by atoms with E-state index in [2.05, 4.69) is 4.98 Å². The van der Waals surface area contributed by atoms with Gasteiger partial charge in [-0.3, -0.25) is 0 Å². The van der Waals surface area contributed by atoms with Gasteiger partial charge >= 0.3 is 5.82 Å².